The van der Waals surface area contributed by atoms with Crippen LogP contribution in [0.15, 0.2) is 23.8 Å². The lowest BCUT2D eigenvalue weighted by Gasteiger charge is -2.59. The summed E-state index contributed by atoms with van der Waals surface area (Å²) < 4.78 is 0. The number of hydrogen-bond donors (Lipinski definition) is 2. The van der Waals surface area contributed by atoms with Crippen LogP contribution < -0.4 is 0 Å². The third-order valence-electron chi connectivity index (χ3n) is 7.71. The van der Waals surface area contributed by atoms with Gasteiger partial charge in [0.15, 0.2) is 5.78 Å². The molecule has 0 aromatic rings. The van der Waals surface area contributed by atoms with Crippen molar-refractivity contribution in [2.24, 2.45) is 28.6 Å². The molecule has 4 aliphatic rings. The van der Waals surface area contributed by atoms with Crippen molar-refractivity contribution in [2.75, 3.05) is 6.61 Å². The molecule has 24 heavy (non-hydrogen) atoms. The topological polar surface area (TPSA) is 74.6 Å². The zero-order valence-corrected chi connectivity index (χ0v) is 14.4. The molecule has 130 valence electrons. The van der Waals surface area contributed by atoms with E-state index in [0.717, 1.165) is 19.3 Å². The van der Waals surface area contributed by atoms with E-state index in [1.165, 1.54) is 6.08 Å². The maximum Gasteiger partial charge on any atom is 0.178 e. The summed E-state index contributed by atoms with van der Waals surface area (Å²) in [6, 6.07) is 0. The van der Waals surface area contributed by atoms with E-state index in [2.05, 4.69) is 13.8 Å². The van der Waals surface area contributed by atoms with Gasteiger partial charge in [0, 0.05) is 17.3 Å². The Hall–Kier alpha value is -1.26. The lowest BCUT2D eigenvalue weighted by atomic mass is 9.46. The maximum absolute atomic E-state index is 12.5. The van der Waals surface area contributed by atoms with Gasteiger partial charge in [0.05, 0.1) is 6.61 Å². The fourth-order valence-corrected chi connectivity index (χ4v) is 6.39. The van der Waals surface area contributed by atoms with Crippen molar-refractivity contribution < 1.29 is 19.8 Å². The van der Waals surface area contributed by atoms with Gasteiger partial charge in [-0.1, -0.05) is 19.9 Å². The number of allylic oxidation sites excluding steroid dienone is 3. The van der Waals surface area contributed by atoms with Crippen LogP contribution in [0.3, 0.4) is 0 Å². The van der Waals surface area contributed by atoms with E-state index in [1.807, 2.05) is 6.08 Å². The highest BCUT2D eigenvalue weighted by atomic mass is 16.3. The second-order valence-corrected chi connectivity index (χ2v) is 8.77. The fourth-order valence-electron chi connectivity index (χ4n) is 6.39. The lowest BCUT2D eigenvalue weighted by molar-refractivity contribution is -0.138. The van der Waals surface area contributed by atoms with Crippen LogP contribution in [0.25, 0.3) is 0 Å². The minimum Gasteiger partial charge on any atom is -0.393 e. The van der Waals surface area contributed by atoms with Gasteiger partial charge in [-0.05, 0) is 61.2 Å². The van der Waals surface area contributed by atoms with Gasteiger partial charge >= 0.3 is 0 Å². The average molecular weight is 330 g/mol. The highest BCUT2D eigenvalue weighted by Gasteiger charge is 2.62. The van der Waals surface area contributed by atoms with Gasteiger partial charge in [0.25, 0.3) is 0 Å². The molecule has 4 heteroatoms. The van der Waals surface area contributed by atoms with Crippen molar-refractivity contribution >= 4 is 11.6 Å². The van der Waals surface area contributed by atoms with Crippen molar-refractivity contribution in [1.82, 2.24) is 0 Å². The number of aliphatic hydroxyl groups is 2. The molecule has 0 unspecified atom stereocenters. The summed E-state index contributed by atoms with van der Waals surface area (Å²) in [6.45, 7) is 3.80. The van der Waals surface area contributed by atoms with Crippen LogP contribution in [0.2, 0.25) is 0 Å². The van der Waals surface area contributed by atoms with Gasteiger partial charge in [0.2, 0.25) is 0 Å². The van der Waals surface area contributed by atoms with E-state index in [1.54, 1.807) is 6.08 Å². The van der Waals surface area contributed by atoms with Crippen LogP contribution in [-0.4, -0.2) is 34.0 Å². The molecule has 4 nitrogen and oxygen atoms in total. The molecule has 3 saturated carbocycles. The summed E-state index contributed by atoms with van der Waals surface area (Å²) in [5, 5.41) is 21.1. The largest absolute Gasteiger partial charge is 0.393 e. The van der Waals surface area contributed by atoms with E-state index < -0.39 is 11.0 Å². The third kappa shape index (κ3) is 1.87. The molecule has 0 saturated heterocycles. The molecule has 2 N–H and O–H groups in total. The summed E-state index contributed by atoms with van der Waals surface area (Å²) >= 11 is 0. The normalized spacial score (nSPS) is 50.2. The second-order valence-electron chi connectivity index (χ2n) is 8.77. The first kappa shape index (κ1) is 16.2. The Bertz CT molecular complexity index is 677. The van der Waals surface area contributed by atoms with Gasteiger partial charge < -0.3 is 10.2 Å². The minimum absolute atomic E-state index is 0.121. The summed E-state index contributed by atoms with van der Waals surface area (Å²) in [5.74, 6) is 1.02. The Balaban J connectivity index is 1.82. The van der Waals surface area contributed by atoms with E-state index in [-0.39, 0.29) is 29.6 Å². The first-order chi connectivity index (χ1) is 11.2. The van der Waals surface area contributed by atoms with Crippen molar-refractivity contribution in [3.05, 3.63) is 23.8 Å². The van der Waals surface area contributed by atoms with Gasteiger partial charge in [0.1, 0.15) is 11.4 Å². The van der Waals surface area contributed by atoms with Crippen molar-refractivity contribution in [1.29, 1.82) is 0 Å². The highest BCUT2D eigenvalue weighted by molar-refractivity contribution is 6.01. The minimum atomic E-state index is -1.36. The molecule has 0 spiro atoms. The Morgan fingerprint density at radius 1 is 1.21 bits per heavy atom. The maximum atomic E-state index is 12.5. The summed E-state index contributed by atoms with van der Waals surface area (Å²) in [5.41, 5.74) is -1.38. The van der Waals surface area contributed by atoms with Crippen molar-refractivity contribution in [2.45, 2.75) is 51.6 Å². The van der Waals surface area contributed by atoms with Crippen LogP contribution in [0.4, 0.5) is 0 Å². The van der Waals surface area contributed by atoms with Gasteiger partial charge in [-0.25, -0.2) is 0 Å². The molecule has 4 rings (SSSR count). The van der Waals surface area contributed by atoms with Crippen LogP contribution in [0.5, 0.6) is 0 Å². The Kier molecular flexibility index (Phi) is 3.30. The van der Waals surface area contributed by atoms with Crippen molar-refractivity contribution in [3.63, 3.8) is 0 Å². The predicted octanol–water partition coefficient (Wildman–Crippen LogP) is 2.20. The predicted molar refractivity (Wildman–Crippen MR) is 89.0 cm³/mol. The zero-order valence-electron chi connectivity index (χ0n) is 14.4. The van der Waals surface area contributed by atoms with Gasteiger partial charge in [-0.3, -0.25) is 9.59 Å². The number of hydrogen-bond acceptors (Lipinski definition) is 4. The van der Waals surface area contributed by atoms with E-state index >= 15 is 0 Å². The number of fused-ring (bicyclic) bond motifs is 5. The van der Waals surface area contributed by atoms with E-state index in [9.17, 15) is 19.8 Å². The van der Waals surface area contributed by atoms with Crippen LogP contribution in [0, 0.1) is 28.6 Å². The molecule has 0 amide bonds. The second kappa shape index (κ2) is 4.89. The number of carbonyl (C=O) groups excluding carboxylic acids is 2. The number of aliphatic hydroxyl groups excluding tert-OH is 1. The monoisotopic (exact) mass is 330 g/mol. The molecule has 0 aliphatic heterocycles. The molecule has 3 fully saturated rings. The zero-order chi connectivity index (χ0) is 17.3. The number of rotatable bonds is 1. The fraction of sp³-hybridized carbons (Fsp3) is 0.700. The highest BCUT2D eigenvalue weighted by Crippen LogP contribution is 2.65. The number of carbonyl (C=O) groups is 2. The number of ketones is 2. The van der Waals surface area contributed by atoms with Gasteiger partial charge in [-0.15, -0.1) is 0 Å². The molecule has 0 aromatic heterocycles. The molecule has 4 aliphatic carbocycles. The quantitative estimate of drug-likeness (QED) is 0.773. The first-order valence-electron chi connectivity index (χ1n) is 9.07. The summed E-state index contributed by atoms with van der Waals surface area (Å²) in [4.78, 5) is 24.4. The van der Waals surface area contributed by atoms with Crippen LogP contribution >= 0.6 is 0 Å². The van der Waals surface area contributed by atoms with Gasteiger partial charge in [-0.2, -0.15) is 0 Å². The molecule has 0 heterocycles. The molecular formula is C20H26O4. The molecular weight excluding hydrogens is 304 g/mol. The number of Topliss-reactive ketones (excluding diaryl/α,β-unsaturated/α-hetero) is 1. The Morgan fingerprint density at radius 2 is 1.96 bits per heavy atom. The Labute approximate surface area is 142 Å². The first-order valence-corrected chi connectivity index (χ1v) is 9.07. The van der Waals surface area contributed by atoms with Crippen LogP contribution in [-0.2, 0) is 9.59 Å². The van der Waals surface area contributed by atoms with Crippen LogP contribution in [0.1, 0.15) is 46.0 Å². The third-order valence-corrected chi connectivity index (χ3v) is 7.71. The smallest absolute Gasteiger partial charge is 0.178 e. The molecule has 0 radical (unpaired) electrons. The molecule has 6 atom stereocenters. The summed E-state index contributed by atoms with van der Waals surface area (Å²) in [7, 11) is 0. The standard InChI is InChI=1S/C20H26O4/c1-18-7-5-12(22)9-16(18)20(24,11-21)10-13-14-3-4-17(23)19(14,2)8-6-15(13)18/h5,7,9,13-15,21,24H,3-4,6,8,10-11H2,1-2H3/t13-,14-,15-,18+,19-,20-/m0/s1. The van der Waals surface area contributed by atoms with E-state index in [0.29, 0.717) is 30.1 Å². The molecule has 0 bridgehead atoms. The lowest BCUT2D eigenvalue weighted by Crippen LogP contribution is -2.58. The van der Waals surface area contributed by atoms with Crippen molar-refractivity contribution in [3.8, 4) is 0 Å². The molecule has 0 aromatic carbocycles. The average Bonchev–Trinajstić information content (AvgIpc) is 2.85. The van der Waals surface area contributed by atoms with E-state index in [4.69, 9.17) is 0 Å². The SMILES string of the molecule is C[C@]12C=CC(=O)C=C1[C@@](O)(CO)C[C@@H]1[C@@H]2CC[C@]2(C)C(=O)CC[C@@H]12. The summed E-state index contributed by atoms with van der Waals surface area (Å²) in [6.07, 6.45) is 8.84. The Morgan fingerprint density at radius 3 is 2.67 bits per heavy atom.